The molecule has 0 saturated heterocycles. The van der Waals surface area contributed by atoms with E-state index in [4.69, 9.17) is 21.4 Å². The van der Waals surface area contributed by atoms with E-state index in [1.54, 1.807) is 18.2 Å². The summed E-state index contributed by atoms with van der Waals surface area (Å²) >= 11 is 6.08. The van der Waals surface area contributed by atoms with Crippen LogP contribution in [0.5, 0.6) is 11.5 Å². The van der Waals surface area contributed by atoms with Crippen molar-refractivity contribution in [2.75, 3.05) is 0 Å². The normalized spacial score (nSPS) is 15.1. The summed E-state index contributed by atoms with van der Waals surface area (Å²) in [7, 11) is 0. The largest absolute Gasteiger partial charge is 0.481 e. The van der Waals surface area contributed by atoms with E-state index in [2.05, 4.69) is 4.98 Å². The smallest absolute Gasteiger partial charge is 0.420 e. The zero-order chi connectivity index (χ0) is 21.5. The van der Waals surface area contributed by atoms with E-state index in [1.807, 2.05) is 6.20 Å². The first-order valence-corrected chi connectivity index (χ1v) is 10.0. The van der Waals surface area contributed by atoms with Gasteiger partial charge in [0.05, 0.1) is 17.0 Å². The molecule has 0 aliphatic heterocycles. The second kappa shape index (κ2) is 7.87. The molecule has 8 heteroatoms. The third-order valence-corrected chi connectivity index (χ3v) is 5.75. The number of aromatic nitrogens is 1. The van der Waals surface area contributed by atoms with Gasteiger partial charge in [0.15, 0.2) is 5.75 Å². The van der Waals surface area contributed by atoms with Crippen LogP contribution in [0.3, 0.4) is 0 Å². The van der Waals surface area contributed by atoms with E-state index in [1.165, 1.54) is 18.9 Å². The van der Waals surface area contributed by atoms with Crippen molar-refractivity contribution < 1.29 is 27.8 Å². The molecule has 0 bridgehead atoms. The van der Waals surface area contributed by atoms with E-state index in [0.29, 0.717) is 5.92 Å². The van der Waals surface area contributed by atoms with Crippen LogP contribution in [0.2, 0.25) is 5.02 Å². The Labute approximate surface area is 175 Å². The molecule has 4 rings (SSSR count). The SMILES string of the molecule is O=C(O)Cc1cc(Cl)c(Oc2ccc3[nH]cc(C4CCCC4)c3c2)c(C(F)(F)F)c1. The van der Waals surface area contributed by atoms with Crippen LogP contribution >= 0.6 is 11.6 Å². The van der Waals surface area contributed by atoms with Gasteiger partial charge in [-0.25, -0.2) is 0 Å². The van der Waals surface area contributed by atoms with Crippen molar-refractivity contribution in [3.8, 4) is 11.5 Å². The Morgan fingerprint density at radius 2 is 1.93 bits per heavy atom. The summed E-state index contributed by atoms with van der Waals surface area (Å²) in [6, 6.07) is 7.04. The number of nitrogens with one attached hydrogen (secondary N) is 1. The van der Waals surface area contributed by atoms with Crippen LogP contribution < -0.4 is 4.74 Å². The minimum atomic E-state index is -4.75. The molecule has 1 aliphatic carbocycles. The molecule has 1 saturated carbocycles. The van der Waals surface area contributed by atoms with Crippen LogP contribution in [-0.2, 0) is 17.4 Å². The highest BCUT2D eigenvalue weighted by Crippen LogP contribution is 2.44. The molecule has 1 heterocycles. The standard InChI is InChI=1S/C22H19ClF3NO3/c23-18-8-12(9-20(28)29)7-17(22(24,25)26)21(18)30-14-5-6-19-15(10-14)16(11-27-19)13-3-1-2-4-13/h5-8,10-11,13,27H,1-4,9H2,(H,28,29). The molecule has 0 spiro atoms. The minimum absolute atomic E-state index is 0.0446. The summed E-state index contributed by atoms with van der Waals surface area (Å²) in [4.78, 5) is 14.1. The number of hydrogen-bond donors (Lipinski definition) is 2. The lowest BCUT2D eigenvalue weighted by atomic mass is 9.97. The molecule has 1 aliphatic rings. The maximum Gasteiger partial charge on any atom is 0.420 e. The zero-order valence-electron chi connectivity index (χ0n) is 15.9. The van der Waals surface area contributed by atoms with Gasteiger partial charge in [-0.05, 0) is 60.2 Å². The van der Waals surface area contributed by atoms with Crippen LogP contribution in [0.1, 0.15) is 48.3 Å². The van der Waals surface area contributed by atoms with Crippen molar-refractivity contribution >= 4 is 28.5 Å². The number of hydrogen-bond acceptors (Lipinski definition) is 2. The number of carboxylic acids is 1. The number of aromatic amines is 1. The second-order valence-electron chi connectivity index (χ2n) is 7.56. The monoisotopic (exact) mass is 437 g/mol. The number of alkyl halides is 3. The molecule has 4 nitrogen and oxygen atoms in total. The first-order chi connectivity index (χ1) is 14.2. The summed E-state index contributed by atoms with van der Waals surface area (Å²) in [5, 5.41) is 9.53. The molecule has 0 atom stereocenters. The number of ether oxygens (including phenoxy) is 1. The van der Waals surface area contributed by atoms with Crippen LogP contribution in [0.15, 0.2) is 36.5 Å². The molecular weight excluding hydrogens is 419 g/mol. The minimum Gasteiger partial charge on any atom is -0.481 e. The summed E-state index contributed by atoms with van der Waals surface area (Å²) < 4.78 is 46.5. The fraction of sp³-hybridized carbons (Fsp3) is 0.318. The number of carbonyl (C=O) groups is 1. The summed E-state index contributed by atoms with van der Waals surface area (Å²) in [6.45, 7) is 0. The number of aliphatic carboxylic acids is 1. The van der Waals surface area contributed by atoms with E-state index >= 15 is 0 Å². The number of benzene rings is 2. The third-order valence-electron chi connectivity index (χ3n) is 5.46. The molecule has 3 aromatic rings. The quantitative estimate of drug-likeness (QED) is 0.455. The van der Waals surface area contributed by atoms with E-state index in [0.717, 1.165) is 35.4 Å². The molecule has 1 aromatic heterocycles. The van der Waals surface area contributed by atoms with Gasteiger partial charge < -0.3 is 14.8 Å². The Balaban J connectivity index is 1.73. The van der Waals surface area contributed by atoms with Gasteiger partial charge >= 0.3 is 12.1 Å². The molecule has 158 valence electrons. The topological polar surface area (TPSA) is 62.3 Å². The van der Waals surface area contributed by atoms with Gasteiger partial charge in [0, 0.05) is 17.1 Å². The maximum absolute atomic E-state index is 13.6. The lowest BCUT2D eigenvalue weighted by Crippen LogP contribution is -2.10. The number of fused-ring (bicyclic) bond motifs is 1. The van der Waals surface area contributed by atoms with Crippen molar-refractivity contribution in [3.05, 3.63) is 58.2 Å². The lowest BCUT2D eigenvalue weighted by molar-refractivity contribution is -0.139. The molecule has 0 unspecified atom stereocenters. The Hall–Kier alpha value is -2.67. The highest BCUT2D eigenvalue weighted by atomic mass is 35.5. The van der Waals surface area contributed by atoms with Crippen LogP contribution in [0, 0.1) is 0 Å². The van der Waals surface area contributed by atoms with Crippen molar-refractivity contribution in [1.82, 2.24) is 4.98 Å². The zero-order valence-corrected chi connectivity index (χ0v) is 16.6. The average Bonchev–Trinajstić information content (AvgIpc) is 3.31. The summed E-state index contributed by atoms with van der Waals surface area (Å²) in [5.74, 6) is -1.11. The van der Waals surface area contributed by atoms with E-state index in [-0.39, 0.29) is 16.3 Å². The Bertz CT molecular complexity index is 1100. The van der Waals surface area contributed by atoms with Gasteiger partial charge in [-0.1, -0.05) is 24.4 Å². The van der Waals surface area contributed by atoms with Gasteiger partial charge in [-0.15, -0.1) is 0 Å². The molecular formula is C22H19ClF3NO3. The van der Waals surface area contributed by atoms with Crippen molar-refractivity contribution in [1.29, 1.82) is 0 Å². The fourth-order valence-electron chi connectivity index (χ4n) is 4.12. The van der Waals surface area contributed by atoms with Crippen molar-refractivity contribution in [3.63, 3.8) is 0 Å². The molecule has 1 fully saturated rings. The predicted octanol–water partition coefficient (Wildman–Crippen LogP) is 6.92. The van der Waals surface area contributed by atoms with Gasteiger partial charge in [-0.2, -0.15) is 13.2 Å². The number of halogens is 4. The maximum atomic E-state index is 13.6. The van der Waals surface area contributed by atoms with Crippen molar-refractivity contribution in [2.45, 2.75) is 44.2 Å². The fourth-order valence-corrected chi connectivity index (χ4v) is 4.40. The van der Waals surface area contributed by atoms with Crippen LogP contribution in [0.4, 0.5) is 13.2 Å². The highest BCUT2D eigenvalue weighted by Gasteiger charge is 2.36. The number of rotatable bonds is 5. The Morgan fingerprint density at radius 3 is 2.60 bits per heavy atom. The first kappa shape index (κ1) is 20.6. The predicted molar refractivity (Wildman–Crippen MR) is 107 cm³/mol. The Morgan fingerprint density at radius 1 is 1.20 bits per heavy atom. The Kier molecular flexibility index (Phi) is 5.40. The summed E-state index contributed by atoms with van der Waals surface area (Å²) in [6.07, 6.45) is 1.16. The molecule has 0 radical (unpaired) electrons. The van der Waals surface area contributed by atoms with Crippen LogP contribution in [0.25, 0.3) is 10.9 Å². The molecule has 2 aromatic carbocycles. The highest BCUT2D eigenvalue weighted by molar-refractivity contribution is 6.32. The summed E-state index contributed by atoms with van der Waals surface area (Å²) in [5.41, 5.74) is 0.892. The van der Waals surface area contributed by atoms with Crippen molar-refractivity contribution in [2.24, 2.45) is 0 Å². The lowest BCUT2D eigenvalue weighted by Gasteiger charge is -2.17. The van der Waals surface area contributed by atoms with E-state index in [9.17, 15) is 18.0 Å². The van der Waals surface area contributed by atoms with Gasteiger partial charge in [-0.3, -0.25) is 4.79 Å². The third kappa shape index (κ3) is 4.12. The van der Waals surface area contributed by atoms with E-state index < -0.39 is 29.9 Å². The molecule has 30 heavy (non-hydrogen) atoms. The number of H-pyrrole nitrogens is 1. The first-order valence-electron chi connectivity index (χ1n) is 9.62. The average molecular weight is 438 g/mol. The van der Waals surface area contributed by atoms with Gasteiger partial charge in [0.1, 0.15) is 5.75 Å². The van der Waals surface area contributed by atoms with Crippen LogP contribution in [-0.4, -0.2) is 16.1 Å². The molecule has 0 amide bonds. The number of carboxylic acid groups (broad SMARTS) is 1. The van der Waals surface area contributed by atoms with Gasteiger partial charge in [0.2, 0.25) is 0 Å². The molecule has 2 N–H and O–H groups in total. The second-order valence-corrected chi connectivity index (χ2v) is 7.96. The van der Waals surface area contributed by atoms with Gasteiger partial charge in [0.25, 0.3) is 0 Å².